The van der Waals surface area contributed by atoms with Crippen molar-refractivity contribution in [2.24, 2.45) is 0 Å². The van der Waals surface area contributed by atoms with Crippen molar-refractivity contribution in [3.63, 3.8) is 0 Å². The van der Waals surface area contributed by atoms with Gasteiger partial charge < -0.3 is 9.72 Å². The molecule has 1 aromatic heterocycles. The Labute approximate surface area is 125 Å². The summed E-state index contributed by atoms with van der Waals surface area (Å²) in [6.07, 6.45) is 1.98. The molecule has 3 rings (SSSR count). The number of aromatic nitrogens is 1. The normalized spacial score (nSPS) is 22.5. The number of benzene rings is 1. The van der Waals surface area contributed by atoms with Gasteiger partial charge in [0.25, 0.3) is 0 Å². The first-order valence-electron chi connectivity index (χ1n) is 7.44. The van der Waals surface area contributed by atoms with E-state index < -0.39 is 0 Å². The van der Waals surface area contributed by atoms with Gasteiger partial charge in [-0.15, -0.1) is 0 Å². The Bertz CT molecular complexity index is 660. The van der Waals surface area contributed by atoms with Crippen LogP contribution in [0.15, 0.2) is 30.5 Å². The molecule has 1 aliphatic rings. The quantitative estimate of drug-likeness (QED) is 0.883. The average Bonchev–Trinajstić information content (AvgIpc) is 2.79. The molecule has 1 aromatic carbocycles. The first kappa shape index (κ1) is 14.3. The minimum atomic E-state index is -0.196. The van der Waals surface area contributed by atoms with E-state index >= 15 is 0 Å². The molecular weight excluding hydrogens is 264 g/mol. The van der Waals surface area contributed by atoms with Gasteiger partial charge in [-0.25, -0.2) is 0 Å². The summed E-state index contributed by atoms with van der Waals surface area (Å²) in [5.41, 5.74) is 1.59. The molecule has 0 saturated carbocycles. The Balaban J connectivity index is 1.77. The molecule has 1 fully saturated rings. The third-order valence-corrected chi connectivity index (χ3v) is 3.90. The van der Waals surface area contributed by atoms with Crippen LogP contribution in [0.4, 0.5) is 0 Å². The number of hydrogen-bond donors (Lipinski definition) is 1. The van der Waals surface area contributed by atoms with E-state index in [1.165, 1.54) is 0 Å². The van der Waals surface area contributed by atoms with Crippen molar-refractivity contribution in [2.45, 2.75) is 32.5 Å². The van der Waals surface area contributed by atoms with Crippen LogP contribution in [0.5, 0.6) is 0 Å². The fourth-order valence-corrected chi connectivity index (χ4v) is 3.30. The second kappa shape index (κ2) is 5.28. The molecule has 1 unspecified atom stereocenters. The molecule has 0 spiro atoms. The third-order valence-electron chi connectivity index (χ3n) is 3.90. The van der Waals surface area contributed by atoms with Gasteiger partial charge in [-0.3, -0.25) is 9.69 Å². The number of para-hydroxylation sites is 1. The lowest BCUT2D eigenvalue weighted by Crippen LogP contribution is -2.53. The SMILES string of the molecule is CC1CN(CC(=O)c2c[nH]c3ccccc23)CC(C)(C)O1. The van der Waals surface area contributed by atoms with E-state index in [-0.39, 0.29) is 17.5 Å². The van der Waals surface area contributed by atoms with E-state index in [1.807, 2.05) is 30.5 Å². The van der Waals surface area contributed by atoms with Crippen molar-refractivity contribution in [1.29, 1.82) is 0 Å². The van der Waals surface area contributed by atoms with E-state index in [2.05, 4.69) is 30.7 Å². The molecule has 0 aliphatic carbocycles. The monoisotopic (exact) mass is 286 g/mol. The number of H-pyrrole nitrogens is 1. The molecular formula is C17H22N2O2. The smallest absolute Gasteiger partial charge is 0.178 e. The van der Waals surface area contributed by atoms with Gasteiger partial charge in [0.05, 0.1) is 18.2 Å². The first-order chi connectivity index (χ1) is 9.94. The van der Waals surface area contributed by atoms with E-state index in [0.29, 0.717) is 6.54 Å². The number of Topliss-reactive ketones (excluding diaryl/α,β-unsaturated/α-hetero) is 1. The van der Waals surface area contributed by atoms with Crippen molar-refractivity contribution in [2.75, 3.05) is 19.6 Å². The van der Waals surface area contributed by atoms with E-state index in [1.54, 1.807) is 0 Å². The number of aromatic amines is 1. The maximum absolute atomic E-state index is 12.6. The van der Waals surface area contributed by atoms with Crippen molar-refractivity contribution in [3.05, 3.63) is 36.0 Å². The van der Waals surface area contributed by atoms with Gasteiger partial charge in [0, 0.05) is 35.8 Å². The third kappa shape index (κ3) is 3.01. The summed E-state index contributed by atoms with van der Waals surface area (Å²) < 4.78 is 5.89. The summed E-state index contributed by atoms with van der Waals surface area (Å²) in [6.45, 7) is 8.24. The van der Waals surface area contributed by atoms with Crippen LogP contribution in [0.3, 0.4) is 0 Å². The molecule has 112 valence electrons. The van der Waals surface area contributed by atoms with Gasteiger partial charge in [-0.1, -0.05) is 18.2 Å². The van der Waals surface area contributed by atoms with Gasteiger partial charge >= 0.3 is 0 Å². The van der Waals surface area contributed by atoms with Crippen LogP contribution in [0.2, 0.25) is 0 Å². The molecule has 21 heavy (non-hydrogen) atoms. The summed E-state index contributed by atoms with van der Waals surface area (Å²) in [5, 5.41) is 1.00. The van der Waals surface area contributed by atoms with Crippen LogP contribution in [0.25, 0.3) is 10.9 Å². The summed E-state index contributed by atoms with van der Waals surface area (Å²) >= 11 is 0. The van der Waals surface area contributed by atoms with Crippen LogP contribution in [0.1, 0.15) is 31.1 Å². The molecule has 0 bridgehead atoms. The summed E-state index contributed by atoms with van der Waals surface area (Å²) in [7, 11) is 0. The zero-order valence-electron chi connectivity index (χ0n) is 12.8. The highest BCUT2D eigenvalue weighted by atomic mass is 16.5. The number of carbonyl (C=O) groups excluding carboxylic acids is 1. The maximum atomic E-state index is 12.6. The highest BCUT2D eigenvalue weighted by Crippen LogP contribution is 2.22. The number of ketones is 1. The fraction of sp³-hybridized carbons (Fsp3) is 0.471. The van der Waals surface area contributed by atoms with Crippen LogP contribution in [0, 0.1) is 0 Å². The number of ether oxygens (including phenoxy) is 1. The van der Waals surface area contributed by atoms with E-state index in [0.717, 1.165) is 29.6 Å². The Morgan fingerprint density at radius 2 is 2.19 bits per heavy atom. The lowest BCUT2D eigenvalue weighted by atomic mass is 10.0. The van der Waals surface area contributed by atoms with Gasteiger partial charge in [-0.05, 0) is 26.8 Å². The highest BCUT2D eigenvalue weighted by molar-refractivity contribution is 6.08. The van der Waals surface area contributed by atoms with Crippen LogP contribution >= 0.6 is 0 Å². The standard InChI is InChI=1S/C17H22N2O2/c1-12-9-19(11-17(2,3)21-12)10-16(20)14-8-18-15-7-5-4-6-13(14)15/h4-8,12,18H,9-11H2,1-3H3. The number of rotatable bonds is 3. The minimum Gasteiger partial charge on any atom is -0.370 e. The van der Waals surface area contributed by atoms with Crippen LogP contribution in [-0.4, -0.2) is 47.0 Å². The summed E-state index contributed by atoms with van der Waals surface area (Å²) in [4.78, 5) is 18.0. The fourth-order valence-electron chi connectivity index (χ4n) is 3.30. The molecule has 0 amide bonds. The topological polar surface area (TPSA) is 45.3 Å². The predicted octanol–water partition coefficient (Wildman–Crippen LogP) is 2.85. The maximum Gasteiger partial charge on any atom is 0.178 e. The number of nitrogens with one attached hydrogen (secondary N) is 1. The number of morpholine rings is 1. The molecule has 2 aromatic rings. The largest absolute Gasteiger partial charge is 0.370 e. The van der Waals surface area contributed by atoms with Crippen molar-refractivity contribution in [3.8, 4) is 0 Å². The molecule has 4 nitrogen and oxygen atoms in total. The number of fused-ring (bicyclic) bond motifs is 1. The Morgan fingerprint density at radius 3 is 2.95 bits per heavy atom. The molecule has 1 atom stereocenters. The summed E-state index contributed by atoms with van der Waals surface area (Å²) in [5.74, 6) is 0.164. The molecule has 0 radical (unpaired) electrons. The van der Waals surface area contributed by atoms with Crippen molar-refractivity contribution < 1.29 is 9.53 Å². The van der Waals surface area contributed by atoms with Crippen molar-refractivity contribution in [1.82, 2.24) is 9.88 Å². The van der Waals surface area contributed by atoms with Crippen LogP contribution < -0.4 is 0 Å². The molecule has 4 heteroatoms. The second-order valence-electron chi connectivity index (χ2n) is 6.53. The van der Waals surface area contributed by atoms with Gasteiger partial charge in [-0.2, -0.15) is 0 Å². The summed E-state index contributed by atoms with van der Waals surface area (Å²) in [6, 6.07) is 7.92. The molecule has 1 aliphatic heterocycles. The van der Waals surface area contributed by atoms with Gasteiger partial charge in [0.15, 0.2) is 5.78 Å². The lowest BCUT2D eigenvalue weighted by molar-refractivity contribution is -0.126. The Hall–Kier alpha value is -1.65. The number of hydrogen-bond acceptors (Lipinski definition) is 3. The second-order valence-corrected chi connectivity index (χ2v) is 6.53. The first-order valence-corrected chi connectivity index (χ1v) is 7.44. The number of carbonyl (C=O) groups is 1. The van der Waals surface area contributed by atoms with Gasteiger partial charge in [0.2, 0.25) is 0 Å². The van der Waals surface area contributed by atoms with E-state index in [9.17, 15) is 4.79 Å². The van der Waals surface area contributed by atoms with Gasteiger partial charge in [0.1, 0.15) is 0 Å². The van der Waals surface area contributed by atoms with Crippen molar-refractivity contribution >= 4 is 16.7 Å². The average molecular weight is 286 g/mol. The zero-order chi connectivity index (χ0) is 15.0. The molecule has 1 N–H and O–H groups in total. The minimum absolute atomic E-state index is 0.157. The lowest BCUT2D eigenvalue weighted by Gasteiger charge is -2.41. The van der Waals surface area contributed by atoms with E-state index in [4.69, 9.17) is 4.74 Å². The molecule has 2 heterocycles. The molecule has 1 saturated heterocycles. The Morgan fingerprint density at radius 1 is 1.43 bits per heavy atom. The highest BCUT2D eigenvalue weighted by Gasteiger charge is 2.32. The van der Waals surface area contributed by atoms with Crippen LogP contribution in [-0.2, 0) is 4.74 Å². The zero-order valence-corrected chi connectivity index (χ0v) is 12.8. The predicted molar refractivity (Wildman–Crippen MR) is 83.7 cm³/mol. The Kier molecular flexibility index (Phi) is 3.59. The number of nitrogens with zero attached hydrogens (tertiary/aromatic N) is 1.